The minimum absolute atomic E-state index is 0.0354. The first-order valence-corrected chi connectivity index (χ1v) is 11.6. The van der Waals surface area contributed by atoms with Crippen LogP contribution in [-0.4, -0.2) is 71.8 Å². The smallest absolute Gasteiger partial charge is 0.410 e. The molecular formula is C25H39N7O3. The molecule has 2 rings (SSSR count). The maximum atomic E-state index is 12.5. The van der Waals surface area contributed by atoms with Crippen LogP contribution in [0.4, 0.5) is 10.5 Å². The molecule has 0 saturated carbocycles. The number of hydrogen-bond acceptors (Lipinski definition) is 8. The lowest BCUT2D eigenvalue weighted by molar-refractivity contribution is 0.000539. The minimum atomic E-state index is -0.514. The van der Waals surface area contributed by atoms with Crippen LogP contribution in [0.3, 0.4) is 0 Å². The Morgan fingerprint density at radius 2 is 1.97 bits per heavy atom. The number of benzene rings is 1. The number of carbonyl (C=O) groups is 1. The Balaban J connectivity index is 2.13. The Morgan fingerprint density at radius 1 is 1.29 bits per heavy atom. The lowest BCUT2D eigenvalue weighted by Crippen LogP contribution is -2.54. The third kappa shape index (κ3) is 8.10. The molecule has 0 radical (unpaired) electrons. The highest BCUT2D eigenvalue weighted by atomic mass is 16.6. The van der Waals surface area contributed by atoms with Crippen molar-refractivity contribution in [2.24, 2.45) is 21.5 Å². The standard InChI is InChI=1S/C25H39N7O3/c1-16-12-19(15-31-10-11-32(17(2)14-31)24(33)35-25(4,5)6)18(3)21(13-16)30-23(28)34-22(27)20(29-7)8-9-26/h8-9,12-13,17,27H,10-11,14-15,26H2,1-7H3,(H2,28,30)/t17-/m0/s1. The zero-order valence-corrected chi connectivity index (χ0v) is 21.9. The summed E-state index contributed by atoms with van der Waals surface area (Å²) in [6.45, 7) is 14.5. The fourth-order valence-electron chi connectivity index (χ4n) is 3.84. The fourth-order valence-corrected chi connectivity index (χ4v) is 3.84. The van der Waals surface area contributed by atoms with Gasteiger partial charge in [0, 0.05) is 39.3 Å². The van der Waals surface area contributed by atoms with Gasteiger partial charge in [-0.25, -0.2) is 4.79 Å². The predicted octanol–water partition coefficient (Wildman–Crippen LogP) is 3.23. The van der Waals surface area contributed by atoms with Crippen LogP contribution in [0.2, 0.25) is 0 Å². The van der Waals surface area contributed by atoms with Crippen molar-refractivity contribution in [3.8, 4) is 0 Å². The summed E-state index contributed by atoms with van der Waals surface area (Å²) in [4.78, 5) is 25.0. The number of piperazine rings is 1. The highest BCUT2D eigenvalue weighted by Crippen LogP contribution is 2.26. The Bertz CT molecular complexity index is 1020. The largest absolute Gasteiger partial charge is 0.444 e. The Kier molecular flexibility index (Phi) is 9.41. The number of aryl methyl sites for hydroxylation is 1. The van der Waals surface area contributed by atoms with Gasteiger partial charge < -0.3 is 25.8 Å². The lowest BCUT2D eigenvalue weighted by atomic mass is 10.0. The summed E-state index contributed by atoms with van der Waals surface area (Å²) >= 11 is 0. The van der Waals surface area contributed by atoms with Crippen molar-refractivity contribution in [2.45, 2.75) is 59.7 Å². The number of nitrogens with zero attached hydrogens (tertiary/aromatic N) is 4. The Hall–Kier alpha value is -3.40. The highest BCUT2D eigenvalue weighted by Gasteiger charge is 2.31. The Labute approximate surface area is 208 Å². The lowest BCUT2D eigenvalue weighted by Gasteiger charge is -2.40. The molecule has 1 aromatic carbocycles. The van der Waals surface area contributed by atoms with E-state index >= 15 is 0 Å². The van der Waals surface area contributed by atoms with Crippen LogP contribution in [0.15, 0.2) is 34.4 Å². The van der Waals surface area contributed by atoms with E-state index in [0.29, 0.717) is 18.8 Å². The minimum Gasteiger partial charge on any atom is -0.444 e. The third-order valence-corrected chi connectivity index (χ3v) is 5.53. The maximum Gasteiger partial charge on any atom is 0.410 e. The molecule has 35 heavy (non-hydrogen) atoms. The zero-order chi connectivity index (χ0) is 26.3. The average molecular weight is 486 g/mol. The molecule has 10 heteroatoms. The van der Waals surface area contributed by atoms with Gasteiger partial charge in [0.05, 0.1) is 5.69 Å². The second kappa shape index (κ2) is 11.8. The van der Waals surface area contributed by atoms with Crippen LogP contribution in [0.5, 0.6) is 0 Å². The number of rotatable bonds is 5. The number of nitrogens with two attached hydrogens (primary N) is 2. The van der Waals surface area contributed by atoms with Crippen LogP contribution in [-0.2, 0) is 16.0 Å². The number of ether oxygens (including phenoxy) is 2. The monoisotopic (exact) mass is 485 g/mol. The quantitative estimate of drug-likeness (QED) is 0.432. The summed E-state index contributed by atoms with van der Waals surface area (Å²) in [5, 5.41) is 8.00. The summed E-state index contributed by atoms with van der Waals surface area (Å²) in [6, 6.07) is 3.94. The van der Waals surface area contributed by atoms with E-state index in [-0.39, 0.29) is 29.8 Å². The molecule has 1 atom stereocenters. The van der Waals surface area contributed by atoms with Crippen molar-refractivity contribution in [1.82, 2.24) is 9.80 Å². The molecule has 1 heterocycles. The molecule has 0 spiro atoms. The second-order valence-corrected chi connectivity index (χ2v) is 9.68. The van der Waals surface area contributed by atoms with E-state index in [1.54, 1.807) is 4.90 Å². The van der Waals surface area contributed by atoms with E-state index in [1.165, 1.54) is 19.3 Å². The summed E-state index contributed by atoms with van der Waals surface area (Å²) in [6.07, 6.45) is 2.46. The zero-order valence-electron chi connectivity index (χ0n) is 21.9. The van der Waals surface area contributed by atoms with Gasteiger partial charge >= 0.3 is 6.09 Å². The normalized spacial score (nSPS) is 18.1. The maximum absolute atomic E-state index is 12.5. The van der Waals surface area contributed by atoms with E-state index in [1.807, 2.05) is 47.6 Å². The number of aliphatic imine (C=N–C) groups is 2. The molecule has 1 aliphatic rings. The molecule has 0 aromatic heterocycles. The summed E-state index contributed by atoms with van der Waals surface area (Å²) < 4.78 is 10.9. The summed E-state index contributed by atoms with van der Waals surface area (Å²) in [7, 11) is 1.53. The van der Waals surface area contributed by atoms with Gasteiger partial charge in [0.1, 0.15) is 11.3 Å². The van der Waals surface area contributed by atoms with Crippen LogP contribution in [0, 0.1) is 19.3 Å². The molecule has 192 valence electrons. The van der Waals surface area contributed by atoms with Gasteiger partial charge in [0.2, 0.25) is 5.90 Å². The van der Waals surface area contributed by atoms with E-state index in [0.717, 1.165) is 29.8 Å². The van der Waals surface area contributed by atoms with Crippen molar-refractivity contribution >= 4 is 29.4 Å². The molecule has 0 aliphatic carbocycles. The predicted molar refractivity (Wildman–Crippen MR) is 140 cm³/mol. The number of carbonyl (C=O) groups excluding carboxylic acids is 1. The topological polar surface area (TPSA) is 143 Å². The molecule has 1 aromatic rings. The van der Waals surface area contributed by atoms with Crippen molar-refractivity contribution < 1.29 is 14.3 Å². The van der Waals surface area contributed by atoms with Crippen LogP contribution in [0.1, 0.15) is 44.4 Å². The highest BCUT2D eigenvalue weighted by molar-refractivity contribution is 6.43. The van der Waals surface area contributed by atoms with Gasteiger partial charge in [-0.3, -0.25) is 15.3 Å². The van der Waals surface area contributed by atoms with E-state index < -0.39 is 5.60 Å². The summed E-state index contributed by atoms with van der Waals surface area (Å²) in [5.41, 5.74) is 14.9. The van der Waals surface area contributed by atoms with E-state index in [4.69, 9.17) is 26.4 Å². The molecule has 1 saturated heterocycles. The number of nitrogens with one attached hydrogen (secondary N) is 1. The van der Waals surface area contributed by atoms with Gasteiger partial charge in [-0.15, -0.1) is 0 Å². The van der Waals surface area contributed by atoms with Crippen molar-refractivity contribution in [2.75, 3.05) is 26.7 Å². The molecular weight excluding hydrogens is 446 g/mol. The SMILES string of the molecule is CN=C(C=CN)C(=N)OC(N)=Nc1cc(C)cc(CN2CCN(C(=O)OC(C)(C)C)[C@@H](C)C2)c1C. The fraction of sp³-hybridized carbons (Fsp3) is 0.520. The Morgan fingerprint density at radius 3 is 2.54 bits per heavy atom. The van der Waals surface area contributed by atoms with E-state index in [2.05, 4.69) is 21.0 Å². The molecule has 0 unspecified atom stereocenters. The number of hydrogen-bond donors (Lipinski definition) is 3. The first kappa shape index (κ1) is 27.8. The summed E-state index contributed by atoms with van der Waals surface area (Å²) in [5.74, 6) is -0.238. The molecule has 1 aliphatic heterocycles. The second-order valence-electron chi connectivity index (χ2n) is 9.68. The van der Waals surface area contributed by atoms with Crippen LogP contribution < -0.4 is 11.5 Å². The van der Waals surface area contributed by atoms with Crippen molar-refractivity contribution in [1.29, 1.82) is 5.41 Å². The van der Waals surface area contributed by atoms with Crippen molar-refractivity contribution in [3.05, 3.63) is 41.1 Å². The molecule has 5 N–H and O–H groups in total. The van der Waals surface area contributed by atoms with E-state index in [9.17, 15) is 4.79 Å². The molecule has 1 fully saturated rings. The molecule has 10 nitrogen and oxygen atoms in total. The molecule has 0 bridgehead atoms. The van der Waals surface area contributed by atoms with Crippen molar-refractivity contribution in [3.63, 3.8) is 0 Å². The van der Waals surface area contributed by atoms with Crippen LogP contribution in [0.25, 0.3) is 0 Å². The third-order valence-electron chi connectivity index (χ3n) is 5.53. The number of amidine groups is 1. The average Bonchev–Trinajstić information content (AvgIpc) is 2.73. The van der Waals surface area contributed by atoms with Gasteiger partial charge in [0.15, 0.2) is 0 Å². The van der Waals surface area contributed by atoms with Crippen LogP contribution >= 0.6 is 0 Å². The number of amides is 1. The first-order chi connectivity index (χ1) is 16.3. The first-order valence-electron chi connectivity index (χ1n) is 11.6. The molecule has 1 amide bonds. The van der Waals surface area contributed by atoms with Gasteiger partial charge in [-0.1, -0.05) is 6.07 Å². The van der Waals surface area contributed by atoms with Gasteiger partial charge in [-0.2, -0.15) is 4.99 Å². The van der Waals surface area contributed by atoms with Gasteiger partial charge in [-0.05, 0) is 76.6 Å². The van der Waals surface area contributed by atoms with Gasteiger partial charge in [0.25, 0.3) is 6.02 Å².